The normalized spacial score (nSPS) is 29.9. The van der Waals surface area contributed by atoms with Crippen molar-refractivity contribution in [2.75, 3.05) is 12.4 Å². The van der Waals surface area contributed by atoms with Crippen molar-refractivity contribution < 1.29 is 13.5 Å². The Balaban J connectivity index is 1.96. The summed E-state index contributed by atoms with van der Waals surface area (Å²) in [4.78, 5) is 4.43. The Morgan fingerprint density at radius 1 is 1.26 bits per heavy atom. The van der Waals surface area contributed by atoms with E-state index >= 15 is 0 Å². The van der Waals surface area contributed by atoms with Crippen LogP contribution in [0, 0.1) is 0 Å². The molecule has 0 aliphatic carbocycles. The number of aromatic nitrogens is 3. The molecule has 106 valence electrons. The first kappa shape index (κ1) is 13.1. The van der Waals surface area contributed by atoms with Gasteiger partial charge in [0.05, 0.1) is 18.4 Å². The van der Waals surface area contributed by atoms with E-state index in [9.17, 15) is 13.5 Å². The molecule has 1 aromatic rings. The zero-order chi connectivity index (χ0) is 13.5. The number of aryl methyl sites for hydroxylation is 1. The second-order valence-electron chi connectivity index (χ2n) is 5.41. The molecule has 2 unspecified atom stereocenters. The summed E-state index contributed by atoms with van der Waals surface area (Å²) in [5.41, 5.74) is 0. The smallest absolute Gasteiger partial charge is 0.169 e. The van der Waals surface area contributed by atoms with E-state index in [2.05, 4.69) is 10.1 Å². The molecule has 0 bridgehead atoms. The Kier molecular flexibility index (Phi) is 3.34. The van der Waals surface area contributed by atoms with Crippen LogP contribution >= 0.6 is 0 Å². The van der Waals surface area contributed by atoms with Crippen molar-refractivity contribution >= 4 is 9.84 Å². The Morgan fingerprint density at radius 2 is 2.11 bits per heavy atom. The lowest BCUT2D eigenvalue weighted by atomic mass is 10.1. The molecule has 2 atom stereocenters. The minimum Gasteiger partial charge on any atom is -0.394 e. The van der Waals surface area contributed by atoms with E-state index in [1.54, 1.807) is 4.68 Å². The lowest BCUT2D eigenvalue weighted by Gasteiger charge is -2.21. The number of sulfone groups is 1. The summed E-state index contributed by atoms with van der Waals surface area (Å²) in [5, 5.41) is 13.2. The van der Waals surface area contributed by atoms with Crippen LogP contribution in [0.1, 0.15) is 55.0 Å². The summed E-state index contributed by atoms with van der Waals surface area (Å²) >= 11 is 0. The molecule has 1 N–H and O–H groups in total. The highest BCUT2D eigenvalue weighted by molar-refractivity contribution is 7.91. The lowest BCUT2D eigenvalue weighted by molar-refractivity contribution is 0.194. The van der Waals surface area contributed by atoms with Gasteiger partial charge in [-0.3, -0.25) is 0 Å². The van der Waals surface area contributed by atoms with E-state index in [1.807, 2.05) is 0 Å². The van der Waals surface area contributed by atoms with E-state index < -0.39 is 15.1 Å². The van der Waals surface area contributed by atoms with Gasteiger partial charge in [-0.25, -0.2) is 18.1 Å². The molecule has 1 aromatic heterocycles. The maximum Gasteiger partial charge on any atom is 0.169 e. The van der Waals surface area contributed by atoms with E-state index in [1.165, 1.54) is 0 Å². The number of aliphatic hydroxyl groups excluding tert-OH is 1. The van der Waals surface area contributed by atoms with Crippen LogP contribution in [0.3, 0.4) is 0 Å². The van der Waals surface area contributed by atoms with E-state index in [-0.39, 0.29) is 18.4 Å². The molecular weight excluding hydrogens is 266 g/mol. The van der Waals surface area contributed by atoms with Crippen LogP contribution in [0.5, 0.6) is 0 Å². The third-order valence-electron chi connectivity index (χ3n) is 4.08. The second kappa shape index (κ2) is 4.86. The summed E-state index contributed by atoms with van der Waals surface area (Å²) in [7, 11) is -3.10. The Bertz CT molecular complexity index is 567. The van der Waals surface area contributed by atoms with Gasteiger partial charge < -0.3 is 5.11 Å². The number of hydrogen-bond donors (Lipinski definition) is 1. The van der Waals surface area contributed by atoms with Crippen LogP contribution in [0.15, 0.2) is 0 Å². The van der Waals surface area contributed by atoms with Crippen LogP contribution in [-0.2, 0) is 16.3 Å². The van der Waals surface area contributed by atoms with Crippen molar-refractivity contribution in [3.8, 4) is 0 Å². The molecule has 19 heavy (non-hydrogen) atoms. The summed E-state index contributed by atoms with van der Waals surface area (Å²) in [6.45, 7) is 0.0349. The summed E-state index contributed by atoms with van der Waals surface area (Å²) in [6.07, 6.45) is 4.94. The van der Waals surface area contributed by atoms with Gasteiger partial charge in [-0.2, -0.15) is 5.10 Å². The Hall–Kier alpha value is -0.950. The number of nitrogens with zero attached hydrogens (tertiary/aromatic N) is 3. The first-order valence-corrected chi connectivity index (χ1v) is 8.61. The summed E-state index contributed by atoms with van der Waals surface area (Å²) in [6, 6.07) is -0.0451. The molecule has 0 radical (unpaired) electrons. The fourth-order valence-corrected chi connectivity index (χ4v) is 4.84. The van der Waals surface area contributed by atoms with Gasteiger partial charge >= 0.3 is 0 Å². The SMILES string of the molecule is O=S1(=O)CCCCC1c1nc2n(n1)C(CO)CCC2. The van der Waals surface area contributed by atoms with Crippen LogP contribution in [-0.4, -0.2) is 40.6 Å². The van der Waals surface area contributed by atoms with Gasteiger partial charge in [0.1, 0.15) is 11.1 Å². The van der Waals surface area contributed by atoms with E-state index in [0.717, 1.165) is 37.9 Å². The van der Waals surface area contributed by atoms with Gasteiger partial charge in [0.15, 0.2) is 15.7 Å². The zero-order valence-corrected chi connectivity index (χ0v) is 11.6. The fourth-order valence-electron chi connectivity index (χ4n) is 3.00. The molecule has 0 spiro atoms. The minimum atomic E-state index is -3.10. The van der Waals surface area contributed by atoms with Crippen molar-refractivity contribution in [1.29, 1.82) is 0 Å². The molecule has 7 heteroatoms. The molecule has 1 fully saturated rings. The standard InChI is InChI=1S/C12H19N3O3S/c16-8-9-4-3-6-11-13-12(14-15(9)11)10-5-1-2-7-19(10,17)18/h9-10,16H,1-8H2. The fraction of sp³-hybridized carbons (Fsp3) is 0.833. The quantitative estimate of drug-likeness (QED) is 0.868. The maximum absolute atomic E-state index is 12.1. The van der Waals surface area contributed by atoms with Gasteiger partial charge in [-0.15, -0.1) is 0 Å². The van der Waals surface area contributed by atoms with Gasteiger partial charge in [0.25, 0.3) is 0 Å². The lowest BCUT2D eigenvalue weighted by Crippen LogP contribution is -2.23. The third kappa shape index (κ3) is 2.29. The summed E-state index contributed by atoms with van der Waals surface area (Å²) < 4.78 is 26.0. The second-order valence-corrected chi connectivity index (χ2v) is 7.71. The molecule has 3 rings (SSSR count). The number of rotatable bonds is 2. The highest BCUT2D eigenvalue weighted by Gasteiger charge is 2.35. The molecule has 0 amide bonds. The van der Waals surface area contributed by atoms with Crippen molar-refractivity contribution in [2.45, 2.75) is 49.8 Å². The molecule has 3 heterocycles. The van der Waals surface area contributed by atoms with E-state index in [4.69, 9.17) is 0 Å². The first-order valence-electron chi connectivity index (χ1n) is 6.89. The molecule has 6 nitrogen and oxygen atoms in total. The monoisotopic (exact) mass is 285 g/mol. The Labute approximate surface area is 112 Å². The molecule has 2 aliphatic heterocycles. The van der Waals surface area contributed by atoms with Gasteiger partial charge in [-0.05, 0) is 25.7 Å². The minimum absolute atomic E-state index is 0.0349. The highest BCUT2D eigenvalue weighted by atomic mass is 32.2. The predicted molar refractivity (Wildman–Crippen MR) is 69.5 cm³/mol. The van der Waals surface area contributed by atoms with Crippen LogP contribution in [0.2, 0.25) is 0 Å². The number of hydrogen-bond acceptors (Lipinski definition) is 5. The average Bonchev–Trinajstić information content (AvgIpc) is 2.81. The molecule has 0 saturated carbocycles. The number of fused-ring (bicyclic) bond motifs is 1. The van der Waals surface area contributed by atoms with E-state index in [0.29, 0.717) is 12.2 Å². The topological polar surface area (TPSA) is 85.1 Å². The zero-order valence-electron chi connectivity index (χ0n) is 10.8. The van der Waals surface area contributed by atoms with Crippen molar-refractivity contribution in [3.63, 3.8) is 0 Å². The largest absolute Gasteiger partial charge is 0.394 e. The van der Waals surface area contributed by atoms with Crippen LogP contribution in [0.25, 0.3) is 0 Å². The molecule has 1 saturated heterocycles. The molecule has 0 aromatic carbocycles. The molecule has 2 aliphatic rings. The van der Waals surface area contributed by atoms with Crippen molar-refractivity contribution in [2.24, 2.45) is 0 Å². The maximum atomic E-state index is 12.1. The van der Waals surface area contributed by atoms with Crippen molar-refractivity contribution in [1.82, 2.24) is 14.8 Å². The van der Waals surface area contributed by atoms with Gasteiger partial charge in [0, 0.05) is 6.42 Å². The molecular formula is C12H19N3O3S. The number of aliphatic hydroxyl groups is 1. The van der Waals surface area contributed by atoms with Crippen LogP contribution in [0.4, 0.5) is 0 Å². The van der Waals surface area contributed by atoms with Gasteiger partial charge in [0.2, 0.25) is 0 Å². The average molecular weight is 285 g/mol. The van der Waals surface area contributed by atoms with Crippen LogP contribution < -0.4 is 0 Å². The predicted octanol–water partition coefficient (Wildman–Crippen LogP) is 0.788. The summed E-state index contributed by atoms with van der Waals surface area (Å²) in [5.74, 6) is 1.50. The first-order chi connectivity index (χ1) is 9.12. The van der Waals surface area contributed by atoms with Gasteiger partial charge in [-0.1, -0.05) is 6.42 Å². The van der Waals surface area contributed by atoms with Crippen molar-refractivity contribution in [3.05, 3.63) is 11.6 Å². The third-order valence-corrected chi connectivity index (χ3v) is 6.25. The Morgan fingerprint density at radius 3 is 2.84 bits per heavy atom. The highest BCUT2D eigenvalue weighted by Crippen LogP contribution is 2.33.